The van der Waals surface area contributed by atoms with Gasteiger partial charge in [-0.15, -0.1) is 0 Å². The summed E-state index contributed by atoms with van der Waals surface area (Å²) in [6.45, 7) is 7.33. The lowest BCUT2D eigenvalue weighted by Crippen LogP contribution is -2.08. The maximum absolute atomic E-state index is 14.3. The second-order valence-electron chi connectivity index (χ2n) is 5.22. The number of ether oxygens (including phenoxy) is 1. The van der Waals surface area contributed by atoms with Crippen molar-refractivity contribution < 1.29 is 14.2 Å². The van der Waals surface area contributed by atoms with Crippen molar-refractivity contribution in [1.29, 1.82) is 0 Å². The van der Waals surface area contributed by atoms with E-state index in [0.29, 0.717) is 11.2 Å². The molecule has 0 saturated heterocycles. The summed E-state index contributed by atoms with van der Waals surface area (Å²) in [7, 11) is 0. The van der Waals surface area contributed by atoms with Gasteiger partial charge in [0.1, 0.15) is 17.2 Å². The Hall–Kier alpha value is -2.11. The molecule has 1 aromatic carbocycles. The van der Waals surface area contributed by atoms with Crippen molar-refractivity contribution in [2.45, 2.75) is 39.7 Å². The van der Waals surface area contributed by atoms with Crippen molar-refractivity contribution in [3.8, 4) is 11.5 Å². The number of nitrogens with zero attached hydrogens (tertiary/aromatic N) is 2. The van der Waals surface area contributed by atoms with Gasteiger partial charge < -0.3 is 15.6 Å². The topological polar surface area (TPSA) is 81.3 Å². The van der Waals surface area contributed by atoms with Crippen LogP contribution in [0.2, 0.25) is 0 Å². The van der Waals surface area contributed by atoms with Crippen LogP contribution in [0.1, 0.15) is 39.4 Å². The van der Waals surface area contributed by atoms with E-state index in [-0.39, 0.29) is 29.1 Å². The molecule has 0 amide bonds. The number of aromatic nitrogens is 2. The van der Waals surface area contributed by atoms with Gasteiger partial charge in [0.2, 0.25) is 0 Å². The number of benzene rings is 1. The van der Waals surface area contributed by atoms with Crippen molar-refractivity contribution in [3.63, 3.8) is 0 Å². The average molecular weight is 279 g/mol. The maximum atomic E-state index is 14.3. The molecule has 0 aliphatic heterocycles. The molecular weight excluding hydrogens is 261 g/mol. The Balaban J connectivity index is 2.73. The summed E-state index contributed by atoms with van der Waals surface area (Å²) in [5.74, 6) is -0.738. The Bertz CT molecular complexity index is 657. The predicted molar refractivity (Wildman–Crippen MR) is 75.4 cm³/mol. The molecular formula is C14H18FN3O2. The minimum absolute atomic E-state index is 0.00908. The molecule has 5 nitrogen and oxygen atoms in total. The van der Waals surface area contributed by atoms with Crippen LogP contribution in [-0.2, 0) is 0 Å². The number of phenolic OH excluding ortho intramolecular Hbond substituents is 1. The van der Waals surface area contributed by atoms with Crippen LogP contribution in [0.4, 0.5) is 10.2 Å². The molecule has 0 atom stereocenters. The summed E-state index contributed by atoms with van der Waals surface area (Å²) in [5.41, 5.74) is 5.87. The maximum Gasteiger partial charge on any atom is 0.196 e. The van der Waals surface area contributed by atoms with Gasteiger partial charge in [-0.1, -0.05) is 13.8 Å². The number of fused-ring (bicyclic) bond motifs is 1. The zero-order chi connectivity index (χ0) is 15.0. The van der Waals surface area contributed by atoms with Gasteiger partial charge in [-0.3, -0.25) is 0 Å². The van der Waals surface area contributed by atoms with E-state index in [1.54, 1.807) is 13.8 Å². The van der Waals surface area contributed by atoms with Crippen molar-refractivity contribution in [2.24, 2.45) is 0 Å². The number of aromatic hydroxyl groups is 1. The van der Waals surface area contributed by atoms with Gasteiger partial charge in [0.05, 0.1) is 6.10 Å². The van der Waals surface area contributed by atoms with Gasteiger partial charge in [0.25, 0.3) is 0 Å². The summed E-state index contributed by atoms with van der Waals surface area (Å²) >= 11 is 0. The highest BCUT2D eigenvalue weighted by Gasteiger charge is 2.19. The lowest BCUT2D eigenvalue weighted by atomic mass is 10.1. The normalized spacial score (nSPS) is 11.6. The van der Waals surface area contributed by atoms with Gasteiger partial charge in [0.15, 0.2) is 17.3 Å². The Morgan fingerprint density at radius 3 is 2.45 bits per heavy atom. The standard InChI is InChI=1S/C14H18FN3O2/c1-6(2)14-17-11-8(13(16)18-14)5-9(20-7(3)4)12(19)10(11)15/h5-7,19H,1-4H3,(H2,16,17,18). The first kappa shape index (κ1) is 14.3. The molecule has 0 aliphatic carbocycles. The smallest absolute Gasteiger partial charge is 0.196 e. The van der Waals surface area contributed by atoms with Crippen LogP contribution in [0.3, 0.4) is 0 Å². The van der Waals surface area contributed by atoms with Crippen LogP contribution >= 0.6 is 0 Å². The summed E-state index contributed by atoms with van der Waals surface area (Å²) in [6.07, 6.45) is -0.199. The second kappa shape index (κ2) is 5.11. The van der Waals surface area contributed by atoms with Gasteiger partial charge >= 0.3 is 0 Å². The lowest BCUT2D eigenvalue weighted by molar-refractivity contribution is 0.229. The monoisotopic (exact) mass is 279 g/mol. The fraction of sp³-hybridized carbons (Fsp3) is 0.429. The molecule has 3 N–H and O–H groups in total. The quantitative estimate of drug-likeness (QED) is 0.902. The van der Waals surface area contributed by atoms with E-state index in [2.05, 4.69) is 9.97 Å². The van der Waals surface area contributed by atoms with Crippen molar-refractivity contribution in [1.82, 2.24) is 9.97 Å². The fourth-order valence-electron chi connectivity index (χ4n) is 1.84. The number of nitrogens with two attached hydrogens (primary N) is 1. The number of phenols is 1. The third-order valence-corrected chi connectivity index (χ3v) is 2.80. The molecule has 6 heteroatoms. The average Bonchev–Trinajstić information content (AvgIpc) is 2.35. The Labute approximate surface area is 116 Å². The molecule has 1 aromatic heterocycles. The van der Waals surface area contributed by atoms with Gasteiger partial charge in [-0.05, 0) is 19.9 Å². The van der Waals surface area contributed by atoms with E-state index >= 15 is 0 Å². The van der Waals surface area contributed by atoms with Crippen LogP contribution in [-0.4, -0.2) is 21.2 Å². The van der Waals surface area contributed by atoms with Crippen molar-refractivity contribution in [2.75, 3.05) is 5.73 Å². The second-order valence-corrected chi connectivity index (χ2v) is 5.22. The van der Waals surface area contributed by atoms with E-state index in [1.165, 1.54) is 6.07 Å². The van der Waals surface area contributed by atoms with Gasteiger partial charge in [-0.2, -0.15) is 0 Å². The first-order valence-electron chi connectivity index (χ1n) is 6.46. The Morgan fingerprint density at radius 1 is 1.25 bits per heavy atom. The van der Waals surface area contributed by atoms with E-state index in [1.807, 2.05) is 13.8 Å². The number of rotatable bonds is 3. The summed E-state index contributed by atoms with van der Waals surface area (Å²) in [5, 5.41) is 10.2. The first-order valence-corrected chi connectivity index (χ1v) is 6.46. The Morgan fingerprint density at radius 2 is 1.90 bits per heavy atom. The van der Waals surface area contributed by atoms with Crippen LogP contribution in [0.15, 0.2) is 6.07 Å². The minimum Gasteiger partial charge on any atom is -0.502 e. The largest absolute Gasteiger partial charge is 0.502 e. The van der Waals surface area contributed by atoms with Gasteiger partial charge in [-0.25, -0.2) is 14.4 Å². The molecule has 2 aromatic rings. The molecule has 0 radical (unpaired) electrons. The number of anilines is 1. The highest BCUT2D eigenvalue weighted by Crippen LogP contribution is 2.37. The molecule has 2 rings (SSSR count). The molecule has 108 valence electrons. The molecule has 0 fully saturated rings. The lowest BCUT2D eigenvalue weighted by Gasteiger charge is -2.14. The molecule has 1 heterocycles. The molecule has 0 saturated carbocycles. The molecule has 0 aliphatic rings. The highest BCUT2D eigenvalue weighted by atomic mass is 19.1. The molecule has 20 heavy (non-hydrogen) atoms. The first-order chi connectivity index (χ1) is 9.31. The SMILES string of the molecule is CC(C)Oc1cc2c(N)nc(C(C)C)nc2c(F)c1O. The predicted octanol–water partition coefficient (Wildman–Crippen LogP) is 2.97. The van der Waals surface area contributed by atoms with Gasteiger partial charge in [0, 0.05) is 11.3 Å². The van der Waals surface area contributed by atoms with E-state index in [0.717, 1.165) is 0 Å². The fourth-order valence-corrected chi connectivity index (χ4v) is 1.84. The number of hydrogen-bond donors (Lipinski definition) is 2. The highest BCUT2D eigenvalue weighted by molar-refractivity contribution is 5.91. The zero-order valence-electron chi connectivity index (χ0n) is 11.9. The Kier molecular flexibility index (Phi) is 3.65. The van der Waals surface area contributed by atoms with Crippen LogP contribution in [0.25, 0.3) is 10.9 Å². The number of nitrogen functional groups attached to an aromatic ring is 1. The van der Waals surface area contributed by atoms with Crippen LogP contribution in [0, 0.1) is 5.82 Å². The number of halogens is 1. The van der Waals surface area contributed by atoms with Crippen LogP contribution in [0.5, 0.6) is 11.5 Å². The third-order valence-electron chi connectivity index (χ3n) is 2.80. The third kappa shape index (κ3) is 2.45. The number of hydrogen-bond acceptors (Lipinski definition) is 5. The summed E-state index contributed by atoms with van der Waals surface area (Å²) in [6, 6.07) is 1.47. The minimum atomic E-state index is -0.839. The van der Waals surface area contributed by atoms with E-state index in [4.69, 9.17) is 10.5 Å². The summed E-state index contributed by atoms with van der Waals surface area (Å²) < 4.78 is 19.6. The molecule has 0 unspecified atom stereocenters. The van der Waals surface area contributed by atoms with Crippen molar-refractivity contribution in [3.05, 3.63) is 17.7 Å². The molecule has 0 spiro atoms. The van der Waals surface area contributed by atoms with E-state index in [9.17, 15) is 9.50 Å². The molecule has 0 bridgehead atoms. The zero-order valence-corrected chi connectivity index (χ0v) is 11.9. The van der Waals surface area contributed by atoms with E-state index < -0.39 is 11.6 Å². The van der Waals surface area contributed by atoms with Crippen LogP contribution < -0.4 is 10.5 Å². The van der Waals surface area contributed by atoms with Crippen molar-refractivity contribution >= 4 is 16.7 Å². The summed E-state index contributed by atoms with van der Waals surface area (Å²) in [4.78, 5) is 8.29.